The Morgan fingerprint density at radius 2 is 1.95 bits per heavy atom. The van der Waals surface area contributed by atoms with Gasteiger partial charge in [0, 0.05) is 12.0 Å². The van der Waals surface area contributed by atoms with Gasteiger partial charge in [-0.3, -0.25) is 0 Å². The lowest BCUT2D eigenvalue weighted by Crippen LogP contribution is -2.27. The molecule has 6 nitrogen and oxygen atoms in total. The van der Waals surface area contributed by atoms with Crippen molar-refractivity contribution in [1.29, 1.82) is 0 Å². The molecule has 7 heteroatoms. The highest BCUT2D eigenvalue weighted by atomic mass is 32.2. The second-order valence-electron chi connectivity index (χ2n) is 5.40. The lowest BCUT2D eigenvalue weighted by molar-refractivity contribution is 0.0656. The van der Waals surface area contributed by atoms with Crippen LogP contribution in [0.25, 0.3) is 0 Å². The third-order valence-corrected chi connectivity index (χ3v) is 5.23. The van der Waals surface area contributed by atoms with Gasteiger partial charge in [-0.05, 0) is 25.0 Å². The summed E-state index contributed by atoms with van der Waals surface area (Å²) in [7, 11) is -3.90. The van der Waals surface area contributed by atoms with Crippen LogP contribution in [0.1, 0.15) is 34.0 Å². The van der Waals surface area contributed by atoms with E-state index < -0.39 is 21.8 Å². The van der Waals surface area contributed by atoms with Crippen LogP contribution in [0.3, 0.4) is 0 Å². The molecule has 0 radical (unpaired) electrons. The first-order valence-corrected chi connectivity index (χ1v) is 8.26. The summed E-state index contributed by atoms with van der Waals surface area (Å²) in [6.07, 6.45) is 1.75. The van der Waals surface area contributed by atoms with Crippen LogP contribution in [0.4, 0.5) is 0 Å². The molecule has 1 aromatic heterocycles. The Labute approximate surface area is 127 Å². The highest BCUT2D eigenvalue weighted by Gasteiger charge is 2.42. The van der Waals surface area contributed by atoms with Gasteiger partial charge in [0.1, 0.15) is 4.90 Å². The molecule has 116 valence electrons. The number of carboxylic acids is 1. The fraction of sp³-hybridized carbons (Fsp3) is 0.267. The Balaban J connectivity index is 1.75. The number of aryl methyl sites for hydroxylation is 1. The minimum Gasteiger partial charge on any atom is -0.475 e. The maximum Gasteiger partial charge on any atom is 0.373 e. The number of aromatic carboxylic acids is 1. The molecule has 2 atom stereocenters. The summed E-state index contributed by atoms with van der Waals surface area (Å²) in [5, 5.41) is 8.94. The standard InChI is InChI=1S/C15H15NO5S/c1-9-2-4-10(5-3-9)11-8-12(11)16-22(19,20)13-6-7-21-14(13)15(17)18/h2-7,11-12,16H,8H2,1H3,(H,17,18)/t11-,12+/m0/s1. The van der Waals surface area contributed by atoms with Crippen molar-refractivity contribution < 1.29 is 22.7 Å². The normalized spacial score (nSPS) is 20.8. The number of carbonyl (C=O) groups is 1. The number of furan rings is 1. The Kier molecular flexibility index (Phi) is 3.54. The summed E-state index contributed by atoms with van der Waals surface area (Å²) < 4.78 is 31.8. The highest BCUT2D eigenvalue weighted by Crippen LogP contribution is 2.41. The van der Waals surface area contributed by atoms with Crippen LogP contribution >= 0.6 is 0 Å². The van der Waals surface area contributed by atoms with E-state index in [9.17, 15) is 13.2 Å². The van der Waals surface area contributed by atoms with Gasteiger partial charge in [0.2, 0.25) is 15.8 Å². The summed E-state index contributed by atoms with van der Waals surface area (Å²) in [4.78, 5) is 10.6. The van der Waals surface area contributed by atoms with E-state index in [0.717, 1.165) is 23.5 Å². The van der Waals surface area contributed by atoms with Crippen molar-refractivity contribution in [1.82, 2.24) is 4.72 Å². The molecule has 0 aliphatic heterocycles. The minimum absolute atomic E-state index is 0.121. The Morgan fingerprint density at radius 1 is 1.27 bits per heavy atom. The molecule has 0 unspecified atom stereocenters. The van der Waals surface area contributed by atoms with Gasteiger partial charge in [0.25, 0.3) is 0 Å². The predicted octanol–water partition coefficient (Wildman–Crippen LogP) is 2.12. The summed E-state index contributed by atoms with van der Waals surface area (Å²) in [6.45, 7) is 1.99. The van der Waals surface area contributed by atoms with Gasteiger partial charge in [-0.1, -0.05) is 29.8 Å². The van der Waals surface area contributed by atoms with Crippen LogP contribution < -0.4 is 4.72 Å². The van der Waals surface area contributed by atoms with Crippen molar-refractivity contribution in [3.8, 4) is 0 Å². The molecule has 1 aliphatic carbocycles. The number of carboxylic acid groups (broad SMARTS) is 1. The zero-order chi connectivity index (χ0) is 15.9. The first-order chi connectivity index (χ1) is 10.4. The van der Waals surface area contributed by atoms with Gasteiger partial charge in [-0.15, -0.1) is 0 Å². The lowest BCUT2D eigenvalue weighted by atomic mass is 10.1. The fourth-order valence-electron chi connectivity index (χ4n) is 2.44. The van der Waals surface area contributed by atoms with Crippen molar-refractivity contribution in [3.63, 3.8) is 0 Å². The summed E-state index contributed by atoms with van der Waals surface area (Å²) >= 11 is 0. The molecular formula is C15H15NO5S. The molecule has 0 spiro atoms. The predicted molar refractivity (Wildman–Crippen MR) is 78.3 cm³/mol. The van der Waals surface area contributed by atoms with Gasteiger partial charge in [0.15, 0.2) is 0 Å². The number of nitrogens with one attached hydrogen (secondary N) is 1. The van der Waals surface area contributed by atoms with Crippen LogP contribution in [-0.2, 0) is 10.0 Å². The average Bonchev–Trinajstić information content (AvgIpc) is 3.02. The highest BCUT2D eigenvalue weighted by molar-refractivity contribution is 7.89. The quantitative estimate of drug-likeness (QED) is 0.879. The van der Waals surface area contributed by atoms with E-state index in [-0.39, 0.29) is 16.9 Å². The van der Waals surface area contributed by atoms with Gasteiger partial charge >= 0.3 is 5.97 Å². The molecule has 1 saturated carbocycles. The van der Waals surface area contributed by atoms with Crippen molar-refractivity contribution in [2.24, 2.45) is 0 Å². The van der Waals surface area contributed by atoms with E-state index in [1.165, 1.54) is 0 Å². The van der Waals surface area contributed by atoms with Gasteiger partial charge < -0.3 is 9.52 Å². The van der Waals surface area contributed by atoms with E-state index in [1.807, 2.05) is 31.2 Å². The molecule has 0 saturated heterocycles. The van der Waals surface area contributed by atoms with E-state index in [4.69, 9.17) is 9.52 Å². The van der Waals surface area contributed by atoms with Crippen LogP contribution in [0, 0.1) is 6.92 Å². The largest absolute Gasteiger partial charge is 0.475 e. The molecular weight excluding hydrogens is 306 g/mol. The molecule has 1 aromatic carbocycles. The zero-order valence-electron chi connectivity index (χ0n) is 11.8. The van der Waals surface area contributed by atoms with Gasteiger partial charge in [-0.2, -0.15) is 0 Å². The van der Waals surface area contributed by atoms with Crippen LogP contribution in [0.2, 0.25) is 0 Å². The maximum absolute atomic E-state index is 12.3. The molecule has 1 heterocycles. The topological polar surface area (TPSA) is 96.6 Å². The zero-order valence-corrected chi connectivity index (χ0v) is 12.6. The van der Waals surface area contributed by atoms with Crippen molar-refractivity contribution in [3.05, 3.63) is 53.5 Å². The van der Waals surface area contributed by atoms with Crippen molar-refractivity contribution in [2.45, 2.75) is 30.2 Å². The van der Waals surface area contributed by atoms with Crippen LogP contribution in [0.5, 0.6) is 0 Å². The molecule has 2 aromatic rings. The lowest BCUT2D eigenvalue weighted by Gasteiger charge is -2.05. The van der Waals surface area contributed by atoms with Crippen LogP contribution in [0.15, 0.2) is 45.9 Å². The smallest absolute Gasteiger partial charge is 0.373 e. The second-order valence-corrected chi connectivity index (χ2v) is 7.08. The molecule has 0 bridgehead atoms. The number of hydrogen-bond donors (Lipinski definition) is 2. The Morgan fingerprint density at radius 3 is 2.59 bits per heavy atom. The molecule has 1 fully saturated rings. The first kappa shape index (κ1) is 14.8. The minimum atomic E-state index is -3.90. The Bertz CT molecular complexity index is 807. The molecule has 1 aliphatic rings. The van der Waals surface area contributed by atoms with E-state index in [1.54, 1.807) is 0 Å². The third kappa shape index (κ3) is 2.77. The average molecular weight is 321 g/mol. The number of rotatable bonds is 5. The molecule has 3 rings (SSSR count). The Hall–Kier alpha value is -2.12. The second kappa shape index (κ2) is 5.26. The SMILES string of the molecule is Cc1ccc([C@@H]2C[C@H]2NS(=O)(=O)c2ccoc2C(=O)O)cc1. The van der Waals surface area contributed by atoms with E-state index >= 15 is 0 Å². The summed E-state index contributed by atoms with van der Waals surface area (Å²) in [5.41, 5.74) is 2.22. The first-order valence-electron chi connectivity index (χ1n) is 6.78. The molecule has 22 heavy (non-hydrogen) atoms. The summed E-state index contributed by atoms with van der Waals surface area (Å²) in [5.74, 6) is -1.85. The third-order valence-electron chi connectivity index (χ3n) is 3.72. The maximum atomic E-state index is 12.3. The van der Waals surface area contributed by atoms with Crippen molar-refractivity contribution in [2.75, 3.05) is 0 Å². The molecule has 2 N–H and O–H groups in total. The van der Waals surface area contributed by atoms with E-state index in [2.05, 4.69) is 4.72 Å². The van der Waals surface area contributed by atoms with E-state index in [0.29, 0.717) is 6.42 Å². The van der Waals surface area contributed by atoms with Gasteiger partial charge in [-0.25, -0.2) is 17.9 Å². The number of sulfonamides is 1. The molecule has 0 amide bonds. The van der Waals surface area contributed by atoms with Gasteiger partial charge in [0.05, 0.1) is 6.26 Å². The fourth-order valence-corrected chi connectivity index (χ4v) is 3.84. The number of benzene rings is 1. The summed E-state index contributed by atoms with van der Waals surface area (Å²) in [6, 6.07) is 8.86. The number of hydrogen-bond acceptors (Lipinski definition) is 4. The van der Waals surface area contributed by atoms with Crippen LogP contribution in [-0.4, -0.2) is 25.5 Å². The van der Waals surface area contributed by atoms with Crippen molar-refractivity contribution >= 4 is 16.0 Å². The monoisotopic (exact) mass is 321 g/mol.